The van der Waals surface area contributed by atoms with E-state index in [0.29, 0.717) is 11.4 Å². The van der Waals surface area contributed by atoms with Crippen molar-refractivity contribution in [3.63, 3.8) is 0 Å². The van der Waals surface area contributed by atoms with E-state index in [4.69, 9.17) is 5.41 Å². The van der Waals surface area contributed by atoms with Crippen LogP contribution in [0.3, 0.4) is 0 Å². The van der Waals surface area contributed by atoms with Crippen LogP contribution in [0.5, 0.6) is 0 Å². The number of nitrogens with one attached hydrogen (secondary N) is 1. The summed E-state index contributed by atoms with van der Waals surface area (Å²) in [6.07, 6.45) is 0. The van der Waals surface area contributed by atoms with Crippen molar-refractivity contribution in [2.45, 2.75) is 19.6 Å². The van der Waals surface area contributed by atoms with Crippen molar-refractivity contribution in [3.8, 4) is 6.07 Å². The number of nitrogens with zero attached hydrogens (tertiary/aromatic N) is 2. The second kappa shape index (κ2) is 4.92. The van der Waals surface area contributed by atoms with Gasteiger partial charge in [0.25, 0.3) is 0 Å². The van der Waals surface area contributed by atoms with Crippen molar-refractivity contribution in [3.05, 3.63) is 14.2 Å². The van der Waals surface area contributed by atoms with Gasteiger partial charge in [-0.2, -0.15) is 5.26 Å². The van der Waals surface area contributed by atoms with Gasteiger partial charge in [-0.3, -0.25) is 5.41 Å². The van der Waals surface area contributed by atoms with Gasteiger partial charge >= 0.3 is 0 Å². The van der Waals surface area contributed by atoms with Gasteiger partial charge in [-0.15, -0.1) is 11.3 Å². The van der Waals surface area contributed by atoms with Gasteiger partial charge in [-0.25, -0.2) is 0 Å². The second-order valence-corrected chi connectivity index (χ2v) is 12.4. The van der Waals surface area contributed by atoms with E-state index in [1.54, 1.807) is 4.90 Å². The quantitative estimate of drug-likeness (QED) is 0.515. The lowest BCUT2D eigenvalue weighted by atomic mass is 10.2. The van der Waals surface area contributed by atoms with E-state index in [9.17, 15) is 5.26 Å². The minimum Gasteiger partial charge on any atom is -0.362 e. The highest BCUT2D eigenvalue weighted by Gasteiger charge is 2.29. The molecule has 0 aliphatic heterocycles. The minimum absolute atomic E-state index is 0.400. The first-order valence-corrected chi connectivity index (χ1v) is 10.3. The van der Waals surface area contributed by atoms with E-state index in [1.165, 1.54) is 11.3 Å². The molecule has 1 rings (SSSR count). The molecule has 0 radical (unpaired) electrons. The van der Waals surface area contributed by atoms with Crippen molar-refractivity contribution in [2.75, 3.05) is 14.1 Å². The Balaban J connectivity index is 3.49. The second-order valence-electron chi connectivity index (χ2n) is 5.06. The van der Waals surface area contributed by atoms with Crippen LogP contribution in [0, 0.1) is 16.7 Å². The Labute approximate surface area is 116 Å². The Morgan fingerprint density at radius 3 is 2.29 bits per heavy atom. The normalized spacial score (nSPS) is 11.1. The van der Waals surface area contributed by atoms with Crippen LogP contribution in [0.4, 0.5) is 0 Å². The zero-order valence-electron chi connectivity index (χ0n) is 10.7. The molecule has 1 aromatic heterocycles. The molecule has 1 aromatic rings. The molecule has 0 atom stereocenters. The van der Waals surface area contributed by atoms with Crippen molar-refractivity contribution < 1.29 is 0 Å². The summed E-state index contributed by atoms with van der Waals surface area (Å²) in [4.78, 5) is 2.49. The number of nitriles is 1. The van der Waals surface area contributed by atoms with Crippen LogP contribution in [0.2, 0.25) is 19.6 Å². The maximum absolute atomic E-state index is 9.35. The van der Waals surface area contributed by atoms with Gasteiger partial charge in [0.2, 0.25) is 0 Å². The largest absolute Gasteiger partial charge is 0.362 e. The van der Waals surface area contributed by atoms with Crippen LogP contribution in [0.15, 0.2) is 3.79 Å². The Bertz CT molecular complexity index is 494. The summed E-state index contributed by atoms with van der Waals surface area (Å²) < 4.78 is 1.01. The third kappa shape index (κ3) is 2.79. The molecule has 0 aliphatic carbocycles. The molecule has 0 unspecified atom stereocenters. The highest BCUT2D eigenvalue weighted by molar-refractivity contribution is 9.11. The molecule has 6 heteroatoms. The average molecular weight is 330 g/mol. The lowest BCUT2D eigenvalue weighted by molar-refractivity contribution is 0.620. The standard InChI is InChI=1S/C11H16BrN3SSi/c1-15(2)11(14)8-7(6-13)9(10(12)16-8)17(3,4)5/h14H,1-5H3. The molecule has 0 aromatic carbocycles. The van der Waals surface area contributed by atoms with Gasteiger partial charge < -0.3 is 4.90 Å². The molecule has 0 bridgehead atoms. The Morgan fingerprint density at radius 1 is 1.41 bits per heavy atom. The van der Waals surface area contributed by atoms with Gasteiger partial charge in [0.15, 0.2) is 0 Å². The van der Waals surface area contributed by atoms with E-state index >= 15 is 0 Å². The topological polar surface area (TPSA) is 50.9 Å². The van der Waals surface area contributed by atoms with Gasteiger partial charge in [0.05, 0.1) is 22.3 Å². The zero-order valence-corrected chi connectivity index (χ0v) is 14.1. The van der Waals surface area contributed by atoms with Crippen molar-refractivity contribution in [2.24, 2.45) is 0 Å². The van der Waals surface area contributed by atoms with Crippen LogP contribution in [0.1, 0.15) is 10.4 Å². The summed E-state index contributed by atoms with van der Waals surface area (Å²) in [5, 5.41) is 18.5. The van der Waals surface area contributed by atoms with Crippen LogP contribution in [-0.2, 0) is 0 Å². The summed E-state index contributed by atoms with van der Waals surface area (Å²) in [5.74, 6) is 0.400. The number of halogens is 1. The van der Waals surface area contributed by atoms with Gasteiger partial charge in [-0.1, -0.05) is 19.6 Å². The SMILES string of the molecule is CN(C)C(=N)c1sc(Br)c([Si](C)(C)C)c1C#N. The van der Waals surface area contributed by atoms with Crippen molar-refractivity contribution >= 4 is 46.4 Å². The van der Waals surface area contributed by atoms with Gasteiger partial charge in [0.1, 0.15) is 11.9 Å². The molecular formula is C11H16BrN3SSi. The molecule has 1 N–H and O–H groups in total. The highest BCUT2D eigenvalue weighted by atomic mass is 79.9. The van der Waals surface area contributed by atoms with E-state index in [0.717, 1.165) is 13.9 Å². The first-order valence-electron chi connectivity index (χ1n) is 5.19. The van der Waals surface area contributed by atoms with Crippen LogP contribution >= 0.6 is 27.3 Å². The number of amidine groups is 1. The molecule has 0 fully saturated rings. The molecule has 1 heterocycles. The molecule has 17 heavy (non-hydrogen) atoms. The van der Waals surface area contributed by atoms with E-state index in [1.807, 2.05) is 14.1 Å². The number of hydrogen-bond acceptors (Lipinski definition) is 3. The van der Waals surface area contributed by atoms with Crippen LogP contribution < -0.4 is 5.19 Å². The Morgan fingerprint density at radius 2 is 1.94 bits per heavy atom. The first-order chi connectivity index (χ1) is 7.70. The summed E-state index contributed by atoms with van der Waals surface area (Å²) in [7, 11) is 2.07. The minimum atomic E-state index is -1.58. The molecule has 0 saturated carbocycles. The first kappa shape index (κ1) is 14.4. The molecule has 0 aliphatic rings. The predicted octanol–water partition coefficient (Wildman–Crippen LogP) is 2.81. The predicted molar refractivity (Wildman–Crippen MR) is 80.2 cm³/mol. The lowest BCUT2D eigenvalue weighted by Gasteiger charge is -2.17. The maximum atomic E-state index is 9.35. The Hall–Kier alpha value is -0.643. The van der Waals surface area contributed by atoms with E-state index in [2.05, 4.69) is 41.6 Å². The van der Waals surface area contributed by atoms with Crippen molar-refractivity contribution in [1.29, 1.82) is 10.7 Å². The summed E-state index contributed by atoms with van der Waals surface area (Å²) in [6.45, 7) is 6.64. The van der Waals surface area contributed by atoms with Crippen molar-refractivity contribution in [1.82, 2.24) is 4.90 Å². The lowest BCUT2D eigenvalue weighted by Crippen LogP contribution is -2.39. The third-order valence-electron chi connectivity index (χ3n) is 2.39. The number of hydrogen-bond donors (Lipinski definition) is 1. The fourth-order valence-corrected chi connectivity index (χ4v) is 7.61. The summed E-state index contributed by atoms with van der Waals surface area (Å²) >= 11 is 5.04. The number of thiophene rings is 1. The van der Waals surface area contributed by atoms with E-state index < -0.39 is 8.07 Å². The fourth-order valence-electron chi connectivity index (χ4n) is 1.55. The fraction of sp³-hybridized carbons (Fsp3) is 0.455. The number of rotatable bonds is 2. The molecule has 3 nitrogen and oxygen atoms in total. The van der Waals surface area contributed by atoms with Crippen LogP contribution in [-0.4, -0.2) is 32.9 Å². The monoisotopic (exact) mass is 329 g/mol. The molecule has 0 saturated heterocycles. The highest BCUT2D eigenvalue weighted by Crippen LogP contribution is 2.28. The maximum Gasteiger partial charge on any atom is 0.139 e. The molecule has 92 valence electrons. The average Bonchev–Trinajstić information content (AvgIpc) is 2.52. The Kier molecular flexibility index (Phi) is 4.18. The summed E-state index contributed by atoms with van der Waals surface area (Å²) in [6, 6.07) is 2.27. The molecular weight excluding hydrogens is 314 g/mol. The zero-order chi connectivity index (χ0) is 13.4. The van der Waals surface area contributed by atoms with Crippen LogP contribution in [0.25, 0.3) is 0 Å². The molecule has 0 spiro atoms. The summed E-state index contributed by atoms with van der Waals surface area (Å²) in [5.41, 5.74) is 0.680. The molecule has 0 amide bonds. The third-order valence-corrected chi connectivity index (χ3v) is 6.80. The smallest absolute Gasteiger partial charge is 0.139 e. The van der Waals surface area contributed by atoms with E-state index in [-0.39, 0.29) is 0 Å². The van der Waals surface area contributed by atoms with Gasteiger partial charge in [-0.05, 0) is 21.1 Å². The van der Waals surface area contributed by atoms with Gasteiger partial charge in [0, 0.05) is 14.1 Å².